The van der Waals surface area contributed by atoms with Crippen LogP contribution in [-0.2, 0) is 0 Å². The molecule has 1 N–H and O–H groups in total. The summed E-state index contributed by atoms with van der Waals surface area (Å²) in [6, 6.07) is 11.2. The van der Waals surface area contributed by atoms with Crippen molar-refractivity contribution in [3.8, 4) is 0 Å². The van der Waals surface area contributed by atoms with E-state index in [1.54, 1.807) is 5.06 Å². The van der Waals surface area contributed by atoms with E-state index in [-0.39, 0.29) is 0 Å². The van der Waals surface area contributed by atoms with Crippen LogP contribution in [0.1, 0.15) is 140 Å². The smallest absolute Gasteiger partial charge is 0.0356 e. The first-order valence-corrected chi connectivity index (χ1v) is 13.8. The van der Waals surface area contributed by atoms with Crippen LogP contribution >= 0.6 is 0 Å². The van der Waals surface area contributed by atoms with Crippen molar-refractivity contribution < 1.29 is 5.21 Å². The Kier molecular flexibility index (Phi) is 15.0. The molecule has 1 aromatic carbocycles. The molecule has 1 fully saturated rings. The Labute approximate surface area is 193 Å². The summed E-state index contributed by atoms with van der Waals surface area (Å²) in [5, 5.41) is 11.9. The summed E-state index contributed by atoms with van der Waals surface area (Å²) >= 11 is 0. The molecule has 1 saturated heterocycles. The predicted octanol–water partition coefficient (Wildman–Crippen LogP) is 9.28. The van der Waals surface area contributed by atoms with Gasteiger partial charge < -0.3 is 5.21 Å². The maximum absolute atomic E-state index is 10.3. The number of hydrogen-bond acceptors (Lipinski definition) is 2. The second-order valence-electron chi connectivity index (χ2n) is 10.0. The van der Waals surface area contributed by atoms with Gasteiger partial charge in [0.25, 0.3) is 0 Å². The summed E-state index contributed by atoms with van der Waals surface area (Å²) < 4.78 is 0. The van der Waals surface area contributed by atoms with E-state index in [9.17, 15) is 5.21 Å². The summed E-state index contributed by atoms with van der Waals surface area (Å²) in [7, 11) is 0. The van der Waals surface area contributed by atoms with Crippen molar-refractivity contribution in [2.75, 3.05) is 6.54 Å². The van der Waals surface area contributed by atoms with Crippen LogP contribution in [0.3, 0.4) is 0 Å². The molecule has 2 rings (SSSR count). The van der Waals surface area contributed by atoms with Crippen LogP contribution in [0.15, 0.2) is 30.3 Å². The maximum Gasteiger partial charge on any atom is 0.0356 e. The second kappa shape index (κ2) is 17.7. The van der Waals surface area contributed by atoms with Gasteiger partial charge in [-0.15, -0.1) is 0 Å². The molecule has 1 aromatic rings. The largest absolute Gasteiger partial charge is 0.314 e. The Hall–Kier alpha value is -0.860. The normalized spacial score (nSPS) is 19.7. The van der Waals surface area contributed by atoms with Crippen LogP contribution in [0.25, 0.3) is 0 Å². The topological polar surface area (TPSA) is 23.5 Å². The molecule has 1 heterocycles. The molecule has 2 unspecified atom stereocenters. The van der Waals surface area contributed by atoms with Crippen LogP contribution in [0.4, 0.5) is 0 Å². The number of hydroxylamine groups is 2. The van der Waals surface area contributed by atoms with Gasteiger partial charge in [0.15, 0.2) is 0 Å². The first-order chi connectivity index (χ1) is 15.3. The molecule has 2 heteroatoms. The van der Waals surface area contributed by atoms with Crippen LogP contribution in [0, 0.1) is 0 Å². The van der Waals surface area contributed by atoms with Gasteiger partial charge in [0.05, 0.1) is 0 Å². The molecule has 0 radical (unpaired) electrons. The lowest BCUT2D eigenvalue weighted by molar-refractivity contribution is -0.147. The van der Waals surface area contributed by atoms with Crippen molar-refractivity contribution in [1.29, 1.82) is 0 Å². The third-order valence-electron chi connectivity index (χ3n) is 7.35. The van der Waals surface area contributed by atoms with Crippen LogP contribution in [-0.4, -0.2) is 22.9 Å². The monoisotopic (exact) mass is 429 g/mol. The highest BCUT2D eigenvalue weighted by Crippen LogP contribution is 2.32. The van der Waals surface area contributed by atoms with Crippen molar-refractivity contribution in [3.05, 3.63) is 35.9 Å². The molecule has 1 aliphatic heterocycles. The quantitative estimate of drug-likeness (QED) is 0.235. The Morgan fingerprint density at radius 2 is 1.19 bits per heavy atom. The minimum atomic E-state index is 0.352. The van der Waals surface area contributed by atoms with Gasteiger partial charge in [0.1, 0.15) is 0 Å². The fraction of sp³-hybridized carbons (Fsp3) is 0.793. The summed E-state index contributed by atoms with van der Waals surface area (Å²) in [6.45, 7) is 3.12. The predicted molar refractivity (Wildman–Crippen MR) is 135 cm³/mol. The van der Waals surface area contributed by atoms with E-state index in [2.05, 4.69) is 37.3 Å². The SMILES string of the molecule is CCCCCCCCCCCCCCCCCCC1CC(c2ccccc2)CCN1O. The molecule has 0 bridgehead atoms. The molecular formula is C29H51NO. The fourth-order valence-corrected chi connectivity index (χ4v) is 5.26. The lowest BCUT2D eigenvalue weighted by Crippen LogP contribution is -2.39. The minimum absolute atomic E-state index is 0.352. The van der Waals surface area contributed by atoms with E-state index in [1.807, 2.05) is 0 Å². The molecule has 31 heavy (non-hydrogen) atoms. The molecule has 0 amide bonds. The van der Waals surface area contributed by atoms with E-state index in [0.717, 1.165) is 25.8 Å². The highest BCUT2D eigenvalue weighted by molar-refractivity contribution is 5.20. The fourth-order valence-electron chi connectivity index (χ4n) is 5.26. The number of benzene rings is 1. The molecule has 178 valence electrons. The average Bonchev–Trinajstić information content (AvgIpc) is 2.80. The van der Waals surface area contributed by atoms with Gasteiger partial charge in [0, 0.05) is 12.6 Å². The first-order valence-electron chi connectivity index (χ1n) is 13.8. The van der Waals surface area contributed by atoms with E-state index in [1.165, 1.54) is 108 Å². The summed E-state index contributed by atoms with van der Waals surface area (Å²) in [4.78, 5) is 0. The average molecular weight is 430 g/mol. The zero-order valence-corrected chi connectivity index (χ0v) is 20.6. The number of hydrogen-bond donors (Lipinski definition) is 1. The summed E-state index contributed by atoms with van der Waals surface area (Å²) in [6.07, 6.45) is 26.0. The Morgan fingerprint density at radius 3 is 1.71 bits per heavy atom. The van der Waals surface area contributed by atoms with Crippen molar-refractivity contribution in [2.24, 2.45) is 0 Å². The van der Waals surface area contributed by atoms with Crippen molar-refractivity contribution in [1.82, 2.24) is 5.06 Å². The van der Waals surface area contributed by atoms with E-state index >= 15 is 0 Å². The maximum atomic E-state index is 10.3. The lowest BCUT2D eigenvalue weighted by atomic mass is 9.84. The molecule has 2 nitrogen and oxygen atoms in total. The first kappa shape index (κ1) is 26.4. The second-order valence-corrected chi connectivity index (χ2v) is 10.0. The Morgan fingerprint density at radius 1 is 0.710 bits per heavy atom. The number of unbranched alkanes of at least 4 members (excludes halogenated alkanes) is 15. The standard InChI is InChI=1S/C29H51NO/c1-2-3-4-5-6-7-8-9-10-11-12-13-14-15-16-20-23-29-26-28(24-25-30(29)31)27-21-18-17-19-22-27/h17-19,21-22,28-29,31H,2-16,20,23-26H2,1H3. The van der Waals surface area contributed by atoms with Gasteiger partial charge in [-0.05, 0) is 30.7 Å². The molecule has 0 saturated carbocycles. The van der Waals surface area contributed by atoms with Crippen LogP contribution < -0.4 is 0 Å². The van der Waals surface area contributed by atoms with Gasteiger partial charge in [-0.3, -0.25) is 0 Å². The molecule has 0 aromatic heterocycles. The molecular weight excluding hydrogens is 378 g/mol. The lowest BCUT2D eigenvalue weighted by Gasteiger charge is -2.35. The molecule has 0 spiro atoms. The molecule has 1 aliphatic rings. The molecule has 0 aliphatic carbocycles. The zero-order valence-electron chi connectivity index (χ0n) is 20.6. The Balaban J connectivity index is 1.38. The third kappa shape index (κ3) is 12.1. The van der Waals surface area contributed by atoms with Crippen LogP contribution in [0.2, 0.25) is 0 Å². The highest BCUT2D eigenvalue weighted by atomic mass is 16.5. The third-order valence-corrected chi connectivity index (χ3v) is 7.35. The highest BCUT2D eigenvalue weighted by Gasteiger charge is 2.27. The van der Waals surface area contributed by atoms with Gasteiger partial charge in [-0.1, -0.05) is 140 Å². The molecule has 2 atom stereocenters. The van der Waals surface area contributed by atoms with Crippen molar-refractivity contribution in [2.45, 2.75) is 141 Å². The number of rotatable bonds is 18. The Bertz CT molecular complexity index is 517. The summed E-state index contributed by atoms with van der Waals surface area (Å²) in [5.41, 5.74) is 1.45. The zero-order chi connectivity index (χ0) is 22.0. The minimum Gasteiger partial charge on any atom is -0.314 e. The van der Waals surface area contributed by atoms with Gasteiger partial charge >= 0.3 is 0 Å². The summed E-state index contributed by atoms with van der Waals surface area (Å²) in [5.74, 6) is 0.621. The number of piperidine rings is 1. The van der Waals surface area contributed by atoms with E-state index in [4.69, 9.17) is 0 Å². The number of nitrogens with zero attached hydrogens (tertiary/aromatic N) is 1. The van der Waals surface area contributed by atoms with Crippen LogP contribution in [0.5, 0.6) is 0 Å². The van der Waals surface area contributed by atoms with Gasteiger partial charge in [0.2, 0.25) is 0 Å². The van der Waals surface area contributed by atoms with E-state index < -0.39 is 0 Å². The van der Waals surface area contributed by atoms with Crippen molar-refractivity contribution >= 4 is 0 Å². The van der Waals surface area contributed by atoms with Crippen molar-refractivity contribution in [3.63, 3.8) is 0 Å². The van der Waals surface area contributed by atoms with Gasteiger partial charge in [-0.2, -0.15) is 5.06 Å². The van der Waals surface area contributed by atoms with Gasteiger partial charge in [-0.25, -0.2) is 0 Å². The van der Waals surface area contributed by atoms with E-state index in [0.29, 0.717) is 12.0 Å².